The first-order valence-corrected chi connectivity index (χ1v) is 8.78. The van der Waals surface area contributed by atoms with Crippen LogP contribution in [0.3, 0.4) is 0 Å². The fraction of sp³-hybridized carbons (Fsp3) is 0.389. The quantitative estimate of drug-likeness (QED) is 0.669. The molecule has 2 heterocycles. The molecular formula is C18H23FN6O2. The molecule has 1 saturated heterocycles. The second-order valence-corrected chi connectivity index (χ2v) is 6.32. The van der Waals surface area contributed by atoms with Crippen molar-refractivity contribution in [1.29, 1.82) is 0 Å². The van der Waals surface area contributed by atoms with Gasteiger partial charge in [0.1, 0.15) is 0 Å². The zero-order valence-corrected chi connectivity index (χ0v) is 15.1. The first-order chi connectivity index (χ1) is 13.1. The number of methoxy groups -OCH3 is 1. The molecule has 3 N–H and O–H groups in total. The minimum absolute atomic E-state index is 0.0901. The minimum Gasteiger partial charge on any atom is -0.494 e. The lowest BCUT2D eigenvalue weighted by Gasteiger charge is -2.32. The molecule has 2 aromatic rings. The molecule has 3 rings (SSSR count). The molecule has 27 heavy (non-hydrogen) atoms. The molecule has 0 aliphatic carbocycles. The summed E-state index contributed by atoms with van der Waals surface area (Å²) in [5.41, 5.74) is 6.08. The number of aromatic nitrogens is 2. The number of anilines is 1. The highest BCUT2D eigenvalue weighted by molar-refractivity contribution is 5.75. The number of nitrogens with zero attached hydrogens (tertiary/aromatic N) is 3. The van der Waals surface area contributed by atoms with Crippen molar-refractivity contribution in [2.75, 3.05) is 25.6 Å². The number of urea groups is 1. The Morgan fingerprint density at radius 3 is 2.70 bits per heavy atom. The first-order valence-electron chi connectivity index (χ1n) is 8.78. The molecule has 0 atom stereocenters. The highest BCUT2D eigenvalue weighted by atomic mass is 19.1. The van der Waals surface area contributed by atoms with Gasteiger partial charge >= 0.3 is 6.03 Å². The van der Waals surface area contributed by atoms with Crippen molar-refractivity contribution in [3.8, 4) is 5.75 Å². The lowest BCUT2D eigenvalue weighted by atomic mass is 10.0. The van der Waals surface area contributed by atoms with Gasteiger partial charge in [-0.15, -0.1) is 0 Å². The van der Waals surface area contributed by atoms with Crippen LogP contribution in [0.2, 0.25) is 0 Å². The third-order valence-electron chi connectivity index (χ3n) is 4.40. The molecule has 1 aromatic heterocycles. The predicted molar refractivity (Wildman–Crippen MR) is 98.6 cm³/mol. The number of piperidine rings is 1. The average molecular weight is 374 g/mol. The van der Waals surface area contributed by atoms with Crippen molar-refractivity contribution in [2.45, 2.75) is 25.4 Å². The summed E-state index contributed by atoms with van der Waals surface area (Å²) in [5.74, 6) is 0.231. The number of nitrogens with one attached hydrogen (secondary N) is 3. The lowest BCUT2D eigenvalue weighted by molar-refractivity contribution is 0.187. The second-order valence-electron chi connectivity index (χ2n) is 6.32. The fourth-order valence-electron chi connectivity index (χ4n) is 3.00. The van der Waals surface area contributed by atoms with Crippen LogP contribution in [0.5, 0.6) is 5.75 Å². The van der Waals surface area contributed by atoms with E-state index in [4.69, 9.17) is 4.74 Å². The molecule has 0 unspecified atom stereocenters. The van der Waals surface area contributed by atoms with Gasteiger partial charge in [-0.05, 0) is 36.6 Å². The molecule has 1 fully saturated rings. The van der Waals surface area contributed by atoms with Gasteiger partial charge in [-0.2, -0.15) is 0 Å². The summed E-state index contributed by atoms with van der Waals surface area (Å²) in [6, 6.07) is 6.49. The Labute approximate surface area is 157 Å². The number of hydrogen-bond acceptors (Lipinski definition) is 6. The minimum atomic E-state index is -0.349. The van der Waals surface area contributed by atoms with Gasteiger partial charge in [0.25, 0.3) is 0 Å². The van der Waals surface area contributed by atoms with E-state index in [1.807, 2.05) is 6.07 Å². The van der Waals surface area contributed by atoms with Crippen LogP contribution in [0.4, 0.5) is 15.1 Å². The number of carbonyl (C=O) groups is 1. The summed E-state index contributed by atoms with van der Waals surface area (Å²) < 4.78 is 18.7. The van der Waals surface area contributed by atoms with E-state index in [-0.39, 0.29) is 23.6 Å². The zero-order chi connectivity index (χ0) is 19.1. The molecule has 0 spiro atoms. The van der Waals surface area contributed by atoms with E-state index in [1.54, 1.807) is 24.5 Å². The summed E-state index contributed by atoms with van der Waals surface area (Å²) in [6.07, 6.45) is 4.82. The molecule has 1 aliphatic heterocycles. The summed E-state index contributed by atoms with van der Waals surface area (Å²) in [6.45, 7) is 2.33. The summed E-state index contributed by atoms with van der Waals surface area (Å²) in [7, 11) is 1.45. The molecule has 1 aromatic carbocycles. The van der Waals surface area contributed by atoms with Gasteiger partial charge in [-0.1, -0.05) is 6.07 Å². The van der Waals surface area contributed by atoms with Gasteiger partial charge in [0, 0.05) is 38.1 Å². The molecular weight excluding hydrogens is 351 g/mol. The maximum Gasteiger partial charge on any atom is 0.333 e. The molecule has 0 bridgehead atoms. The topological polar surface area (TPSA) is 91.4 Å². The number of likely N-dealkylation sites (tertiary alicyclic amines) is 1. The summed E-state index contributed by atoms with van der Waals surface area (Å²) in [5, 5.41) is 2.93. The van der Waals surface area contributed by atoms with Crippen molar-refractivity contribution in [2.24, 2.45) is 0 Å². The van der Waals surface area contributed by atoms with E-state index >= 15 is 0 Å². The fourth-order valence-corrected chi connectivity index (χ4v) is 3.00. The Bertz CT molecular complexity index is 753. The largest absolute Gasteiger partial charge is 0.494 e. The van der Waals surface area contributed by atoms with Crippen molar-refractivity contribution in [1.82, 2.24) is 25.6 Å². The molecule has 9 heteroatoms. The van der Waals surface area contributed by atoms with E-state index in [0.29, 0.717) is 12.5 Å². The molecule has 8 nitrogen and oxygen atoms in total. The van der Waals surface area contributed by atoms with Crippen LogP contribution in [0.15, 0.2) is 36.7 Å². The van der Waals surface area contributed by atoms with Crippen LogP contribution >= 0.6 is 0 Å². The molecule has 0 radical (unpaired) electrons. The molecule has 0 saturated carbocycles. The van der Waals surface area contributed by atoms with E-state index in [0.717, 1.165) is 31.5 Å². The predicted octanol–water partition coefficient (Wildman–Crippen LogP) is 1.91. The monoisotopic (exact) mass is 374 g/mol. The number of carbonyl (C=O) groups excluding carboxylic acids is 1. The Hall–Kier alpha value is -2.94. The summed E-state index contributed by atoms with van der Waals surface area (Å²) in [4.78, 5) is 22.1. The van der Waals surface area contributed by atoms with E-state index in [1.165, 1.54) is 13.2 Å². The molecule has 1 aliphatic rings. The van der Waals surface area contributed by atoms with Crippen LogP contribution in [-0.4, -0.2) is 47.1 Å². The third kappa shape index (κ3) is 5.52. The highest BCUT2D eigenvalue weighted by Crippen LogP contribution is 2.20. The number of ether oxygens (including phenoxy) is 1. The van der Waals surface area contributed by atoms with Crippen molar-refractivity contribution in [3.63, 3.8) is 0 Å². The first kappa shape index (κ1) is 18.8. The van der Waals surface area contributed by atoms with Gasteiger partial charge in [0.2, 0.25) is 5.95 Å². The third-order valence-corrected chi connectivity index (χ3v) is 4.40. The Morgan fingerprint density at radius 2 is 2.04 bits per heavy atom. The number of rotatable bonds is 6. The van der Waals surface area contributed by atoms with Crippen LogP contribution in [0.1, 0.15) is 18.4 Å². The van der Waals surface area contributed by atoms with E-state index < -0.39 is 0 Å². The number of hydrogen-bond donors (Lipinski definition) is 3. The van der Waals surface area contributed by atoms with Gasteiger partial charge in [0.05, 0.1) is 7.11 Å². The normalized spacial score (nSPS) is 15.2. The van der Waals surface area contributed by atoms with Crippen molar-refractivity contribution in [3.05, 3.63) is 48.0 Å². The maximum atomic E-state index is 13.8. The van der Waals surface area contributed by atoms with E-state index in [2.05, 4.69) is 31.0 Å². The Kier molecular flexibility index (Phi) is 6.37. The maximum absolute atomic E-state index is 13.8. The smallest absolute Gasteiger partial charge is 0.333 e. The van der Waals surface area contributed by atoms with Gasteiger partial charge in [-0.25, -0.2) is 24.6 Å². The van der Waals surface area contributed by atoms with Crippen LogP contribution in [0.25, 0.3) is 0 Å². The second kappa shape index (κ2) is 9.13. The van der Waals surface area contributed by atoms with Gasteiger partial charge < -0.3 is 10.1 Å². The summed E-state index contributed by atoms with van der Waals surface area (Å²) >= 11 is 0. The Balaban J connectivity index is 1.39. The Morgan fingerprint density at radius 1 is 1.30 bits per heavy atom. The van der Waals surface area contributed by atoms with Crippen molar-refractivity contribution >= 4 is 12.0 Å². The number of benzene rings is 1. The number of hydrazine groups is 1. The average Bonchev–Trinajstić information content (AvgIpc) is 2.69. The number of halogens is 1. The standard InChI is InChI=1S/C18H23FN6O2/c1-27-16-4-3-13(11-15(16)19)12-25-9-5-14(6-10-25)22-18(26)24-23-17-20-7-2-8-21-17/h2-4,7-8,11,14H,5-6,9-10,12H2,1H3,(H,20,21,23)(H2,22,24,26). The van der Waals surface area contributed by atoms with Crippen LogP contribution in [-0.2, 0) is 6.54 Å². The van der Waals surface area contributed by atoms with Crippen molar-refractivity contribution < 1.29 is 13.9 Å². The number of amides is 2. The molecule has 144 valence electrons. The van der Waals surface area contributed by atoms with Gasteiger partial charge in [-0.3, -0.25) is 10.3 Å². The van der Waals surface area contributed by atoms with Crippen LogP contribution < -0.4 is 20.9 Å². The zero-order valence-electron chi connectivity index (χ0n) is 15.1. The lowest BCUT2D eigenvalue weighted by Crippen LogP contribution is -2.49. The van der Waals surface area contributed by atoms with E-state index in [9.17, 15) is 9.18 Å². The highest BCUT2D eigenvalue weighted by Gasteiger charge is 2.21. The molecule has 2 amide bonds. The SMILES string of the molecule is COc1ccc(CN2CCC(NC(=O)NNc3ncccn3)CC2)cc1F. The van der Waals surface area contributed by atoms with Gasteiger partial charge in [0.15, 0.2) is 11.6 Å². The van der Waals surface area contributed by atoms with Crippen LogP contribution in [0, 0.1) is 5.82 Å².